The van der Waals surface area contributed by atoms with Crippen LogP contribution in [0.2, 0.25) is 0 Å². The van der Waals surface area contributed by atoms with Crippen LogP contribution in [0.25, 0.3) is 0 Å². The van der Waals surface area contributed by atoms with Crippen molar-refractivity contribution in [2.75, 3.05) is 11.9 Å². The molecule has 0 fully saturated rings. The lowest BCUT2D eigenvalue weighted by Gasteiger charge is -2.14. The highest BCUT2D eigenvalue weighted by atomic mass is 16.3. The van der Waals surface area contributed by atoms with Gasteiger partial charge in [-0.3, -0.25) is 4.79 Å². The number of anilines is 1. The molecule has 1 aromatic rings. The van der Waals surface area contributed by atoms with Crippen molar-refractivity contribution >= 4 is 11.6 Å². The van der Waals surface area contributed by atoms with E-state index in [1.54, 1.807) is 13.1 Å². The third-order valence-electron chi connectivity index (χ3n) is 2.51. The summed E-state index contributed by atoms with van der Waals surface area (Å²) in [6.45, 7) is 1.53. The maximum atomic E-state index is 11.6. The highest BCUT2D eigenvalue weighted by Gasteiger charge is 2.43. The summed E-state index contributed by atoms with van der Waals surface area (Å²) in [5.41, 5.74) is 0.116. The first-order valence-corrected chi connectivity index (χ1v) is 4.15. The minimum absolute atomic E-state index is 0.270. The van der Waals surface area contributed by atoms with Crippen molar-refractivity contribution in [3.8, 4) is 0 Å². The smallest absolute Gasteiger partial charge is 0.263 e. The number of rotatable bonds is 0. The average Bonchev–Trinajstić information content (AvgIpc) is 2.30. The summed E-state index contributed by atoms with van der Waals surface area (Å²) in [5, 5.41) is 9.89. The van der Waals surface area contributed by atoms with Crippen molar-refractivity contribution in [2.45, 2.75) is 12.5 Å². The van der Waals surface area contributed by atoms with Gasteiger partial charge in [0.15, 0.2) is 5.60 Å². The monoisotopic (exact) mass is 177 g/mol. The molecule has 1 amide bonds. The fourth-order valence-electron chi connectivity index (χ4n) is 1.73. The molecule has 0 spiro atoms. The maximum Gasteiger partial charge on any atom is 0.263 e. The summed E-state index contributed by atoms with van der Waals surface area (Å²) in [4.78, 5) is 13.0. The van der Waals surface area contributed by atoms with Crippen LogP contribution in [0.3, 0.4) is 0 Å². The van der Waals surface area contributed by atoms with Gasteiger partial charge in [0.05, 0.1) is 0 Å². The largest absolute Gasteiger partial charge is 0.375 e. The predicted octanol–water partition coefficient (Wildman–Crippen LogP) is 0.871. The fraction of sp³-hybridized carbons (Fsp3) is 0.300. The Morgan fingerprint density at radius 3 is 2.62 bits per heavy atom. The molecule has 3 nitrogen and oxygen atoms in total. The summed E-state index contributed by atoms with van der Waals surface area (Å²) in [6.07, 6.45) is 0. The summed E-state index contributed by atoms with van der Waals surface area (Å²) in [6, 6.07) is 7.27. The molecule has 1 aliphatic rings. The second-order valence-electron chi connectivity index (χ2n) is 3.45. The molecule has 0 bridgehead atoms. The number of hydrogen-bond acceptors (Lipinski definition) is 2. The number of hydrogen-bond donors (Lipinski definition) is 1. The molecule has 13 heavy (non-hydrogen) atoms. The van der Waals surface area contributed by atoms with Gasteiger partial charge in [0.1, 0.15) is 0 Å². The van der Waals surface area contributed by atoms with Crippen LogP contribution in [0.1, 0.15) is 12.5 Å². The van der Waals surface area contributed by atoms with Gasteiger partial charge in [-0.05, 0) is 13.0 Å². The molecule has 1 N–H and O–H groups in total. The first-order valence-electron chi connectivity index (χ1n) is 4.15. The van der Waals surface area contributed by atoms with E-state index in [9.17, 15) is 9.90 Å². The topological polar surface area (TPSA) is 40.5 Å². The number of benzene rings is 1. The van der Waals surface area contributed by atoms with Gasteiger partial charge in [-0.1, -0.05) is 18.2 Å². The first-order chi connectivity index (χ1) is 6.05. The standard InChI is InChI=1S/C10H11NO2/c1-10(13)7-5-3-4-6-8(7)11(2)9(10)12/h3-6,13H,1-2H3. The molecular formula is C10H11NO2. The van der Waals surface area contributed by atoms with Gasteiger partial charge in [-0.15, -0.1) is 0 Å². The van der Waals surface area contributed by atoms with Gasteiger partial charge in [0.25, 0.3) is 5.91 Å². The lowest BCUT2D eigenvalue weighted by atomic mass is 9.98. The van der Waals surface area contributed by atoms with Crippen LogP contribution < -0.4 is 4.90 Å². The van der Waals surface area contributed by atoms with Crippen LogP contribution in [0.4, 0.5) is 5.69 Å². The second-order valence-corrected chi connectivity index (χ2v) is 3.45. The van der Waals surface area contributed by atoms with Crippen molar-refractivity contribution in [3.63, 3.8) is 0 Å². The van der Waals surface area contributed by atoms with Gasteiger partial charge in [-0.2, -0.15) is 0 Å². The number of aliphatic hydroxyl groups is 1. The summed E-state index contributed by atoms with van der Waals surface area (Å²) in [5.74, 6) is -0.270. The highest BCUT2D eigenvalue weighted by Crippen LogP contribution is 2.38. The van der Waals surface area contributed by atoms with E-state index in [1.165, 1.54) is 11.8 Å². The van der Waals surface area contributed by atoms with Gasteiger partial charge in [-0.25, -0.2) is 0 Å². The molecule has 0 aromatic heterocycles. The zero-order valence-electron chi connectivity index (χ0n) is 7.61. The van der Waals surface area contributed by atoms with Crippen molar-refractivity contribution in [1.29, 1.82) is 0 Å². The number of nitrogens with zero attached hydrogens (tertiary/aromatic N) is 1. The van der Waals surface area contributed by atoms with Crippen LogP contribution in [-0.2, 0) is 10.4 Å². The molecule has 68 valence electrons. The van der Waals surface area contributed by atoms with Gasteiger partial charge < -0.3 is 10.0 Å². The maximum absolute atomic E-state index is 11.6. The van der Waals surface area contributed by atoms with Gasteiger partial charge in [0, 0.05) is 18.3 Å². The Morgan fingerprint density at radius 1 is 1.38 bits per heavy atom. The molecule has 0 radical (unpaired) electrons. The highest BCUT2D eigenvalue weighted by molar-refractivity contribution is 6.06. The van der Waals surface area contributed by atoms with Crippen LogP contribution in [-0.4, -0.2) is 18.1 Å². The van der Waals surface area contributed by atoms with E-state index in [1.807, 2.05) is 18.2 Å². The molecule has 1 aliphatic heterocycles. The van der Waals surface area contributed by atoms with Crippen LogP contribution >= 0.6 is 0 Å². The fourth-order valence-corrected chi connectivity index (χ4v) is 1.73. The number of fused-ring (bicyclic) bond motifs is 1. The van der Waals surface area contributed by atoms with E-state index < -0.39 is 5.60 Å². The van der Waals surface area contributed by atoms with Gasteiger partial charge >= 0.3 is 0 Å². The summed E-state index contributed by atoms with van der Waals surface area (Å²) < 4.78 is 0. The number of amides is 1. The zero-order chi connectivity index (χ0) is 9.64. The van der Waals surface area contributed by atoms with Crippen molar-refractivity contribution in [2.24, 2.45) is 0 Å². The third kappa shape index (κ3) is 0.906. The summed E-state index contributed by atoms with van der Waals surface area (Å²) >= 11 is 0. The normalized spacial score (nSPS) is 26.4. The molecule has 2 rings (SSSR count). The molecule has 1 heterocycles. The Kier molecular flexibility index (Phi) is 1.48. The number of para-hydroxylation sites is 1. The molecule has 1 atom stereocenters. The molecule has 3 heteroatoms. The number of likely N-dealkylation sites (N-methyl/N-ethyl adjacent to an activating group) is 1. The van der Waals surface area contributed by atoms with Crippen molar-refractivity contribution < 1.29 is 9.90 Å². The van der Waals surface area contributed by atoms with E-state index >= 15 is 0 Å². The summed E-state index contributed by atoms with van der Waals surface area (Å²) in [7, 11) is 1.67. The van der Waals surface area contributed by atoms with Gasteiger partial charge in [0.2, 0.25) is 0 Å². The van der Waals surface area contributed by atoms with E-state index in [-0.39, 0.29) is 5.91 Å². The van der Waals surface area contributed by atoms with Crippen LogP contribution in [0, 0.1) is 0 Å². The van der Waals surface area contributed by atoms with E-state index in [2.05, 4.69) is 0 Å². The average molecular weight is 177 g/mol. The lowest BCUT2D eigenvalue weighted by Crippen LogP contribution is -2.35. The molecule has 0 saturated carbocycles. The minimum atomic E-state index is -1.36. The second kappa shape index (κ2) is 2.33. The van der Waals surface area contributed by atoms with Crippen LogP contribution in [0.15, 0.2) is 24.3 Å². The van der Waals surface area contributed by atoms with E-state index in [0.29, 0.717) is 5.56 Å². The number of carbonyl (C=O) groups excluding carboxylic acids is 1. The Bertz CT molecular complexity index is 371. The first kappa shape index (κ1) is 8.26. The molecule has 1 aromatic carbocycles. The molecular weight excluding hydrogens is 166 g/mol. The Hall–Kier alpha value is -1.35. The van der Waals surface area contributed by atoms with Crippen molar-refractivity contribution in [3.05, 3.63) is 29.8 Å². The molecule has 0 aliphatic carbocycles. The Morgan fingerprint density at radius 2 is 2.00 bits per heavy atom. The zero-order valence-corrected chi connectivity index (χ0v) is 7.61. The van der Waals surface area contributed by atoms with E-state index in [4.69, 9.17) is 0 Å². The number of carbonyl (C=O) groups is 1. The van der Waals surface area contributed by atoms with Crippen LogP contribution in [0.5, 0.6) is 0 Å². The molecule has 0 saturated heterocycles. The quantitative estimate of drug-likeness (QED) is 0.638. The Labute approximate surface area is 76.6 Å². The van der Waals surface area contributed by atoms with Crippen molar-refractivity contribution in [1.82, 2.24) is 0 Å². The SMILES string of the molecule is CN1C(=O)C(C)(O)c2ccccc21. The minimum Gasteiger partial charge on any atom is -0.375 e. The lowest BCUT2D eigenvalue weighted by molar-refractivity contribution is -0.133. The van der Waals surface area contributed by atoms with E-state index in [0.717, 1.165) is 5.69 Å². The third-order valence-corrected chi connectivity index (χ3v) is 2.51. The predicted molar refractivity (Wildman–Crippen MR) is 49.4 cm³/mol. The molecule has 1 unspecified atom stereocenters. The Balaban J connectivity index is 2.68.